The van der Waals surface area contributed by atoms with E-state index in [2.05, 4.69) is 0 Å². The fourth-order valence-corrected chi connectivity index (χ4v) is 4.80. The minimum Gasteiger partial charge on any atom is -0.461 e. The number of aliphatic hydroxyl groups excluding tert-OH is 1. The van der Waals surface area contributed by atoms with Gasteiger partial charge in [0.05, 0.1) is 12.0 Å². The van der Waals surface area contributed by atoms with Crippen molar-refractivity contribution in [3.05, 3.63) is 35.9 Å². The van der Waals surface area contributed by atoms with Gasteiger partial charge in [-0.05, 0) is 37.2 Å². The standard InChI is InChI=1S/C23H34O3/c1-17(21(24)18-11-5-2-6-12-18)22(19-13-7-3-8-14-19)26-23(25)20-15-9-4-10-16-20/h2,5-6,11-12,17,19-22,24H,3-4,7-10,13-16H2,1H3/t17-,21+,22+/m1/s1. The van der Waals surface area contributed by atoms with Gasteiger partial charge in [0.1, 0.15) is 6.10 Å². The minimum absolute atomic E-state index is 0.0209. The summed E-state index contributed by atoms with van der Waals surface area (Å²) in [5.41, 5.74) is 0.912. The van der Waals surface area contributed by atoms with Crippen molar-refractivity contribution in [3.8, 4) is 0 Å². The average molecular weight is 359 g/mol. The second-order valence-electron chi connectivity index (χ2n) is 8.35. The molecule has 0 spiro atoms. The second-order valence-corrected chi connectivity index (χ2v) is 8.35. The van der Waals surface area contributed by atoms with Gasteiger partial charge in [-0.15, -0.1) is 0 Å². The normalized spacial score (nSPS) is 23.2. The van der Waals surface area contributed by atoms with E-state index in [0.29, 0.717) is 5.92 Å². The van der Waals surface area contributed by atoms with Crippen LogP contribution in [-0.4, -0.2) is 17.2 Å². The van der Waals surface area contributed by atoms with Crippen molar-refractivity contribution in [3.63, 3.8) is 0 Å². The number of benzene rings is 1. The molecule has 0 bridgehead atoms. The first kappa shape index (κ1) is 19.4. The Labute approximate surface area is 158 Å². The highest BCUT2D eigenvalue weighted by atomic mass is 16.5. The molecule has 0 heterocycles. The van der Waals surface area contributed by atoms with Crippen LogP contribution in [0.2, 0.25) is 0 Å². The molecule has 3 atom stereocenters. The third-order valence-electron chi connectivity index (χ3n) is 6.46. The lowest BCUT2D eigenvalue weighted by atomic mass is 9.78. The van der Waals surface area contributed by atoms with Gasteiger partial charge in [0.2, 0.25) is 0 Å². The number of esters is 1. The van der Waals surface area contributed by atoms with Gasteiger partial charge in [0, 0.05) is 5.92 Å². The highest BCUT2D eigenvalue weighted by molar-refractivity contribution is 5.72. The lowest BCUT2D eigenvalue weighted by molar-refractivity contribution is -0.165. The molecular weight excluding hydrogens is 324 g/mol. The molecule has 0 radical (unpaired) electrons. The summed E-state index contributed by atoms with van der Waals surface area (Å²) in [7, 11) is 0. The van der Waals surface area contributed by atoms with E-state index in [1.807, 2.05) is 37.3 Å². The van der Waals surface area contributed by atoms with Crippen LogP contribution in [0.3, 0.4) is 0 Å². The van der Waals surface area contributed by atoms with E-state index in [4.69, 9.17) is 4.74 Å². The predicted octanol–water partition coefficient (Wildman–Crippen LogP) is 5.43. The number of carbonyl (C=O) groups is 1. The van der Waals surface area contributed by atoms with E-state index in [1.165, 1.54) is 25.7 Å². The Bertz CT molecular complexity index is 544. The van der Waals surface area contributed by atoms with Crippen molar-refractivity contribution >= 4 is 5.97 Å². The Morgan fingerprint density at radius 3 is 2.15 bits per heavy atom. The van der Waals surface area contributed by atoms with Crippen LogP contribution in [0.15, 0.2) is 30.3 Å². The molecule has 2 aliphatic carbocycles. The zero-order valence-corrected chi connectivity index (χ0v) is 16.1. The van der Waals surface area contributed by atoms with Crippen LogP contribution < -0.4 is 0 Å². The fourth-order valence-electron chi connectivity index (χ4n) is 4.80. The maximum Gasteiger partial charge on any atom is 0.309 e. The van der Waals surface area contributed by atoms with E-state index in [-0.39, 0.29) is 23.9 Å². The first-order valence-electron chi connectivity index (χ1n) is 10.6. The molecule has 0 aromatic heterocycles. The molecule has 0 aliphatic heterocycles. The fraction of sp³-hybridized carbons (Fsp3) is 0.696. The van der Waals surface area contributed by atoms with Crippen LogP contribution in [-0.2, 0) is 9.53 Å². The van der Waals surface area contributed by atoms with Crippen LogP contribution in [0.1, 0.15) is 82.8 Å². The second kappa shape index (κ2) is 9.55. The Kier molecular flexibility index (Phi) is 7.13. The molecule has 2 fully saturated rings. The van der Waals surface area contributed by atoms with Gasteiger partial charge in [-0.3, -0.25) is 4.79 Å². The van der Waals surface area contributed by atoms with Crippen molar-refractivity contribution in [2.24, 2.45) is 17.8 Å². The Morgan fingerprint density at radius 2 is 1.54 bits per heavy atom. The van der Waals surface area contributed by atoms with Gasteiger partial charge in [-0.2, -0.15) is 0 Å². The topological polar surface area (TPSA) is 46.5 Å². The van der Waals surface area contributed by atoms with Gasteiger partial charge in [-0.1, -0.05) is 75.8 Å². The lowest BCUT2D eigenvalue weighted by Crippen LogP contribution is -2.38. The van der Waals surface area contributed by atoms with Gasteiger partial charge < -0.3 is 9.84 Å². The summed E-state index contributed by atoms with van der Waals surface area (Å²) in [6.07, 6.45) is 10.6. The average Bonchev–Trinajstić information content (AvgIpc) is 2.72. The van der Waals surface area contributed by atoms with Gasteiger partial charge in [0.15, 0.2) is 0 Å². The number of carbonyl (C=O) groups excluding carboxylic acids is 1. The zero-order valence-electron chi connectivity index (χ0n) is 16.1. The summed E-state index contributed by atoms with van der Waals surface area (Å²) in [6, 6.07) is 9.79. The Morgan fingerprint density at radius 1 is 0.962 bits per heavy atom. The number of aliphatic hydroxyl groups is 1. The van der Waals surface area contributed by atoms with Crippen molar-refractivity contribution in [1.29, 1.82) is 0 Å². The third-order valence-corrected chi connectivity index (χ3v) is 6.46. The van der Waals surface area contributed by atoms with Gasteiger partial charge >= 0.3 is 5.97 Å². The van der Waals surface area contributed by atoms with Crippen LogP contribution in [0.5, 0.6) is 0 Å². The first-order chi connectivity index (χ1) is 12.7. The van der Waals surface area contributed by atoms with Crippen molar-refractivity contribution < 1.29 is 14.6 Å². The number of hydrogen-bond donors (Lipinski definition) is 1. The maximum absolute atomic E-state index is 12.8. The van der Waals surface area contributed by atoms with E-state index in [1.54, 1.807) is 0 Å². The van der Waals surface area contributed by atoms with Crippen molar-refractivity contribution in [1.82, 2.24) is 0 Å². The molecule has 3 rings (SSSR count). The largest absolute Gasteiger partial charge is 0.461 e. The minimum atomic E-state index is -0.595. The molecule has 0 unspecified atom stereocenters. The molecule has 1 N–H and O–H groups in total. The van der Waals surface area contributed by atoms with Crippen LogP contribution in [0.25, 0.3) is 0 Å². The van der Waals surface area contributed by atoms with Crippen molar-refractivity contribution in [2.75, 3.05) is 0 Å². The maximum atomic E-state index is 12.8. The van der Waals surface area contributed by atoms with E-state index in [0.717, 1.165) is 44.1 Å². The summed E-state index contributed by atoms with van der Waals surface area (Å²) in [6.45, 7) is 2.05. The molecule has 144 valence electrons. The summed E-state index contributed by atoms with van der Waals surface area (Å²) in [5, 5.41) is 10.9. The lowest BCUT2D eigenvalue weighted by Gasteiger charge is -2.37. The molecule has 2 saturated carbocycles. The summed E-state index contributed by atoms with van der Waals surface area (Å²) in [5.74, 6) is 0.334. The van der Waals surface area contributed by atoms with Gasteiger partial charge in [-0.25, -0.2) is 0 Å². The molecule has 1 aromatic carbocycles. The predicted molar refractivity (Wildman–Crippen MR) is 104 cm³/mol. The number of rotatable bonds is 6. The highest BCUT2D eigenvalue weighted by Crippen LogP contribution is 2.37. The van der Waals surface area contributed by atoms with Crippen LogP contribution >= 0.6 is 0 Å². The first-order valence-corrected chi connectivity index (χ1v) is 10.6. The smallest absolute Gasteiger partial charge is 0.309 e. The molecule has 2 aliphatic rings. The zero-order chi connectivity index (χ0) is 18.4. The van der Waals surface area contributed by atoms with E-state index in [9.17, 15) is 9.90 Å². The van der Waals surface area contributed by atoms with Crippen LogP contribution in [0, 0.1) is 17.8 Å². The summed E-state index contributed by atoms with van der Waals surface area (Å²) < 4.78 is 6.13. The Balaban J connectivity index is 1.72. The summed E-state index contributed by atoms with van der Waals surface area (Å²) in [4.78, 5) is 12.8. The van der Waals surface area contributed by atoms with Gasteiger partial charge in [0.25, 0.3) is 0 Å². The molecule has 26 heavy (non-hydrogen) atoms. The monoisotopic (exact) mass is 358 g/mol. The number of ether oxygens (including phenoxy) is 1. The molecule has 1 aromatic rings. The van der Waals surface area contributed by atoms with Crippen molar-refractivity contribution in [2.45, 2.75) is 83.3 Å². The SMILES string of the molecule is C[C@H]([C@H](O)c1ccccc1)[C@H](OC(=O)C1CCCCC1)C1CCCCC1. The summed E-state index contributed by atoms with van der Waals surface area (Å²) >= 11 is 0. The molecule has 3 heteroatoms. The highest BCUT2D eigenvalue weighted by Gasteiger charge is 2.37. The number of hydrogen-bond acceptors (Lipinski definition) is 3. The quantitative estimate of drug-likeness (QED) is 0.690. The third kappa shape index (κ3) is 4.88. The van der Waals surface area contributed by atoms with E-state index < -0.39 is 6.10 Å². The van der Waals surface area contributed by atoms with Crippen LogP contribution in [0.4, 0.5) is 0 Å². The molecular formula is C23H34O3. The van der Waals surface area contributed by atoms with E-state index >= 15 is 0 Å². The molecule has 0 saturated heterocycles. The molecule has 3 nitrogen and oxygen atoms in total. The molecule has 0 amide bonds. The Hall–Kier alpha value is -1.35.